The molecule has 2 rings (SSSR count). The van der Waals surface area contributed by atoms with Crippen LogP contribution in [0.5, 0.6) is 11.5 Å². The number of anilines is 1. The molecule has 0 fully saturated rings. The molecule has 174 valence electrons. The molecule has 7 heteroatoms. The molecule has 2 amide bonds. The minimum atomic E-state index is -0.211. The molecule has 1 N–H and O–H groups in total. The second-order valence-electron chi connectivity index (χ2n) is 7.79. The van der Waals surface area contributed by atoms with Gasteiger partial charge in [0.2, 0.25) is 11.8 Å². The van der Waals surface area contributed by atoms with Gasteiger partial charge in [0, 0.05) is 19.3 Å². The molecular formula is C25H35N3O4. The minimum Gasteiger partial charge on any atom is -0.493 e. The van der Waals surface area contributed by atoms with Crippen molar-refractivity contribution < 1.29 is 19.1 Å². The highest BCUT2D eigenvalue weighted by molar-refractivity contribution is 5.95. The third-order valence-electron chi connectivity index (χ3n) is 5.29. The lowest BCUT2D eigenvalue weighted by molar-refractivity contribution is -0.134. The number of amides is 2. The number of nitrogens with one attached hydrogen (secondary N) is 1. The predicted octanol–water partition coefficient (Wildman–Crippen LogP) is 3.63. The Morgan fingerprint density at radius 1 is 1.00 bits per heavy atom. The second-order valence-corrected chi connectivity index (χ2v) is 7.79. The quantitative estimate of drug-likeness (QED) is 0.577. The number of ether oxygens (including phenoxy) is 2. The number of methoxy groups -OCH3 is 1. The summed E-state index contributed by atoms with van der Waals surface area (Å²) in [7, 11) is 3.27. The minimum absolute atomic E-state index is 0.00103. The Morgan fingerprint density at radius 3 is 2.28 bits per heavy atom. The van der Waals surface area contributed by atoms with Gasteiger partial charge in [0.25, 0.3) is 0 Å². The molecule has 7 nitrogen and oxygen atoms in total. The van der Waals surface area contributed by atoms with Gasteiger partial charge < -0.3 is 19.7 Å². The maximum atomic E-state index is 12.7. The summed E-state index contributed by atoms with van der Waals surface area (Å²) < 4.78 is 11.0. The number of para-hydroxylation sites is 1. The van der Waals surface area contributed by atoms with E-state index in [0.717, 1.165) is 22.4 Å². The van der Waals surface area contributed by atoms with Crippen LogP contribution in [-0.2, 0) is 16.1 Å². The van der Waals surface area contributed by atoms with Gasteiger partial charge in [-0.15, -0.1) is 0 Å². The van der Waals surface area contributed by atoms with Crippen LogP contribution in [0.25, 0.3) is 0 Å². The van der Waals surface area contributed by atoms with E-state index in [4.69, 9.17) is 9.47 Å². The number of nitrogens with zero attached hydrogens (tertiary/aromatic N) is 2. The highest BCUT2D eigenvalue weighted by Crippen LogP contribution is 2.28. The zero-order valence-corrected chi connectivity index (χ0v) is 20.0. The lowest BCUT2D eigenvalue weighted by atomic mass is 10.1. The average Bonchev–Trinajstić information content (AvgIpc) is 2.76. The molecule has 0 aromatic heterocycles. The first kappa shape index (κ1) is 25.2. The SMILES string of the molecule is CCOc1ccc(CN(CC)CC(=O)N(C)CC(=O)Nc2c(C)cccc2C)cc1OC. The van der Waals surface area contributed by atoms with Crippen molar-refractivity contribution >= 4 is 17.5 Å². The molecule has 0 aliphatic carbocycles. The number of carbonyl (C=O) groups is 2. The van der Waals surface area contributed by atoms with Gasteiger partial charge in [-0.2, -0.15) is 0 Å². The van der Waals surface area contributed by atoms with E-state index in [9.17, 15) is 9.59 Å². The van der Waals surface area contributed by atoms with E-state index in [0.29, 0.717) is 31.2 Å². The van der Waals surface area contributed by atoms with E-state index >= 15 is 0 Å². The highest BCUT2D eigenvalue weighted by atomic mass is 16.5. The van der Waals surface area contributed by atoms with Crippen LogP contribution in [0.1, 0.15) is 30.5 Å². The summed E-state index contributed by atoms with van der Waals surface area (Å²) in [6.07, 6.45) is 0. The van der Waals surface area contributed by atoms with Crippen LogP contribution < -0.4 is 14.8 Å². The second kappa shape index (κ2) is 12.1. The van der Waals surface area contributed by atoms with Gasteiger partial charge in [0.1, 0.15) is 0 Å². The largest absolute Gasteiger partial charge is 0.493 e. The Bertz CT molecular complexity index is 909. The van der Waals surface area contributed by atoms with Gasteiger partial charge in [-0.25, -0.2) is 0 Å². The van der Waals surface area contributed by atoms with Crippen molar-refractivity contribution in [1.82, 2.24) is 9.80 Å². The van der Waals surface area contributed by atoms with Crippen molar-refractivity contribution in [2.75, 3.05) is 45.7 Å². The Hall–Kier alpha value is -3.06. The number of likely N-dealkylation sites (N-methyl/N-ethyl adjacent to an activating group) is 2. The van der Waals surface area contributed by atoms with Crippen LogP contribution in [0.4, 0.5) is 5.69 Å². The molecule has 0 heterocycles. The molecule has 0 spiro atoms. The monoisotopic (exact) mass is 441 g/mol. The van der Waals surface area contributed by atoms with Gasteiger partial charge in [-0.1, -0.05) is 31.2 Å². The van der Waals surface area contributed by atoms with Crippen molar-refractivity contribution in [3.63, 3.8) is 0 Å². The number of hydrogen-bond acceptors (Lipinski definition) is 5. The van der Waals surface area contributed by atoms with E-state index in [1.807, 2.05) is 69.0 Å². The zero-order chi connectivity index (χ0) is 23.7. The van der Waals surface area contributed by atoms with Crippen LogP contribution >= 0.6 is 0 Å². The lowest BCUT2D eigenvalue weighted by Crippen LogP contribution is -2.41. The Kier molecular flexibility index (Phi) is 9.53. The third kappa shape index (κ3) is 6.99. The molecule has 0 atom stereocenters. The molecule has 0 aliphatic heterocycles. The predicted molar refractivity (Wildman–Crippen MR) is 127 cm³/mol. The maximum Gasteiger partial charge on any atom is 0.243 e. The smallest absolute Gasteiger partial charge is 0.243 e. The number of rotatable bonds is 11. The molecule has 0 unspecified atom stereocenters. The van der Waals surface area contributed by atoms with Crippen LogP contribution in [0, 0.1) is 13.8 Å². The van der Waals surface area contributed by atoms with Crippen LogP contribution in [0.15, 0.2) is 36.4 Å². The molecule has 0 aliphatic rings. The van der Waals surface area contributed by atoms with Crippen molar-refractivity contribution in [3.8, 4) is 11.5 Å². The van der Waals surface area contributed by atoms with Crippen LogP contribution in [0.3, 0.4) is 0 Å². The fourth-order valence-corrected chi connectivity index (χ4v) is 3.43. The fraction of sp³-hybridized carbons (Fsp3) is 0.440. The molecule has 2 aromatic rings. The first-order chi connectivity index (χ1) is 15.3. The number of carbonyl (C=O) groups excluding carboxylic acids is 2. The van der Waals surface area contributed by atoms with Crippen molar-refractivity contribution in [2.45, 2.75) is 34.2 Å². The highest BCUT2D eigenvalue weighted by Gasteiger charge is 2.18. The first-order valence-electron chi connectivity index (χ1n) is 10.9. The molecule has 0 bridgehead atoms. The van der Waals surface area contributed by atoms with Gasteiger partial charge in [-0.05, 0) is 56.1 Å². The van der Waals surface area contributed by atoms with Crippen molar-refractivity contribution in [3.05, 3.63) is 53.1 Å². The van der Waals surface area contributed by atoms with Crippen LogP contribution in [-0.4, -0.2) is 62.0 Å². The Balaban J connectivity index is 1.95. The zero-order valence-electron chi connectivity index (χ0n) is 20.0. The summed E-state index contributed by atoms with van der Waals surface area (Å²) in [5.74, 6) is 1.05. The normalized spacial score (nSPS) is 10.7. The number of aryl methyl sites for hydroxylation is 2. The van der Waals surface area contributed by atoms with E-state index in [1.165, 1.54) is 4.90 Å². The third-order valence-corrected chi connectivity index (χ3v) is 5.29. The van der Waals surface area contributed by atoms with Gasteiger partial charge in [0.05, 0.1) is 26.8 Å². The summed E-state index contributed by atoms with van der Waals surface area (Å²) in [5.41, 5.74) is 3.82. The first-order valence-corrected chi connectivity index (χ1v) is 10.9. The molecule has 0 saturated carbocycles. The van der Waals surface area contributed by atoms with Crippen molar-refractivity contribution in [2.24, 2.45) is 0 Å². The van der Waals surface area contributed by atoms with Gasteiger partial charge in [-0.3, -0.25) is 14.5 Å². The van der Waals surface area contributed by atoms with Gasteiger partial charge in [0.15, 0.2) is 11.5 Å². The van der Waals surface area contributed by atoms with Crippen molar-refractivity contribution in [1.29, 1.82) is 0 Å². The Labute approximate surface area is 191 Å². The summed E-state index contributed by atoms with van der Waals surface area (Å²) in [4.78, 5) is 28.7. The molecular weight excluding hydrogens is 406 g/mol. The summed E-state index contributed by atoms with van der Waals surface area (Å²) in [6.45, 7) is 9.91. The molecule has 0 radical (unpaired) electrons. The van der Waals surface area contributed by atoms with E-state index < -0.39 is 0 Å². The lowest BCUT2D eigenvalue weighted by Gasteiger charge is -2.24. The molecule has 32 heavy (non-hydrogen) atoms. The van der Waals surface area contributed by atoms with Crippen LogP contribution in [0.2, 0.25) is 0 Å². The molecule has 2 aromatic carbocycles. The molecule has 0 saturated heterocycles. The van der Waals surface area contributed by atoms with E-state index in [-0.39, 0.29) is 24.9 Å². The number of hydrogen-bond donors (Lipinski definition) is 1. The standard InChI is InChI=1S/C25H35N3O4/c1-7-28(15-20-12-13-21(32-8-2)22(14-20)31-6)17-24(30)27(5)16-23(29)26-25-18(3)10-9-11-19(25)4/h9-14H,7-8,15-17H2,1-6H3,(H,26,29). The summed E-state index contributed by atoms with van der Waals surface area (Å²) in [6, 6.07) is 11.6. The summed E-state index contributed by atoms with van der Waals surface area (Å²) >= 11 is 0. The Morgan fingerprint density at radius 2 is 1.69 bits per heavy atom. The van der Waals surface area contributed by atoms with E-state index in [2.05, 4.69) is 5.32 Å². The number of benzene rings is 2. The van der Waals surface area contributed by atoms with Gasteiger partial charge >= 0.3 is 0 Å². The average molecular weight is 442 g/mol. The van der Waals surface area contributed by atoms with E-state index in [1.54, 1.807) is 14.2 Å². The summed E-state index contributed by atoms with van der Waals surface area (Å²) in [5, 5.41) is 2.93. The fourth-order valence-electron chi connectivity index (χ4n) is 3.43. The maximum absolute atomic E-state index is 12.7. The topological polar surface area (TPSA) is 71.1 Å².